The first-order valence-electron chi connectivity index (χ1n) is 6.55. The maximum absolute atomic E-state index is 9.06. The normalized spacial score (nSPS) is 11.3. The fourth-order valence-electron chi connectivity index (χ4n) is 2.34. The highest BCUT2D eigenvalue weighted by Gasteiger charge is 2.17. The van der Waals surface area contributed by atoms with Crippen LogP contribution in [0.1, 0.15) is 22.0 Å². The van der Waals surface area contributed by atoms with Crippen molar-refractivity contribution in [3.63, 3.8) is 0 Å². The van der Waals surface area contributed by atoms with E-state index in [4.69, 9.17) is 5.11 Å². The summed E-state index contributed by atoms with van der Waals surface area (Å²) < 4.78 is 4.20. The van der Waals surface area contributed by atoms with E-state index in [1.54, 1.807) is 17.5 Å². The van der Waals surface area contributed by atoms with Crippen molar-refractivity contribution in [2.75, 3.05) is 6.61 Å². The molecule has 0 radical (unpaired) electrons. The van der Waals surface area contributed by atoms with E-state index in [-0.39, 0.29) is 6.61 Å². The number of imidazole rings is 1. The van der Waals surface area contributed by atoms with Gasteiger partial charge < -0.3 is 5.11 Å². The maximum atomic E-state index is 9.06. The molecule has 20 heavy (non-hydrogen) atoms. The van der Waals surface area contributed by atoms with Gasteiger partial charge in [0.2, 0.25) is 5.51 Å². The maximum Gasteiger partial charge on any atom is 0.225 e. The van der Waals surface area contributed by atoms with Crippen molar-refractivity contribution in [1.82, 2.24) is 14.4 Å². The van der Waals surface area contributed by atoms with E-state index in [1.807, 2.05) is 23.7 Å². The average molecular weight is 289 g/mol. The molecule has 0 aliphatic rings. The van der Waals surface area contributed by atoms with E-state index in [0.29, 0.717) is 6.42 Å². The Morgan fingerprint density at radius 1 is 1.35 bits per heavy atom. The summed E-state index contributed by atoms with van der Waals surface area (Å²) in [4.78, 5) is 10.1. The van der Waals surface area contributed by atoms with Gasteiger partial charge in [0.25, 0.3) is 0 Å². The summed E-state index contributed by atoms with van der Waals surface area (Å²) in [6, 6.07) is 0. The fraction of sp³-hybridized carbons (Fsp3) is 0.357. The molecule has 0 aliphatic heterocycles. The van der Waals surface area contributed by atoms with Crippen LogP contribution in [0.2, 0.25) is 0 Å². The first-order chi connectivity index (χ1) is 9.70. The highest BCUT2D eigenvalue weighted by molar-refractivity contribution is 7.09. The van der Waals surface area contributed by atoms with E-state index in [1.165, 1.54) is 10.6 Å². The number of hydrogen-bond donors (Lipinski definition) is 1. The average Bonchev–Trinajstić information content (AvgIpc) is 3.04. The van der Waals surface area contributed by atoms with Gasteiger partial charge in [-0.05, 0) is 6.92 Å². The summed E-state index contributed by atoms with van der Waals surface area (Å²) in [7, 11) is 0. The van der Waals surface area contributed by atoms with Crippen molar-refractivity contribution < 1.29 is 9.67 Å². The van der Waals surface area contributed by atoms with Gasteiger partial charge in [-0.2, -0.15) is 4.57 Å². The van der Waals surface area contributed by atoms with Crippen LogP contribution in [-0.4, -0.2) is 26.1 Å². The number of aromatic nitrogens is 4. The van der Waals surface area contributed by atoms with Gasteiger partial charge in [0, 0.05) is 38.5 Å². The lowest BCUT2D eigenvalue weighted by molar-refractivity contribution is -0.689. The Morgan fingerprint density at radius 2 is 2.20 bits per heavy atom. The number of thiazole rings is 1. The molecule has 104 valence electrons. The number of nitrogens with zero attached hydrogens (tertiary/aromatic N) is 4. The molecule has 0 amide bonds. The zero-order chi connectivity index (χ0) is 14.1. The second-order valence-corrected chi connectivity index (χ2v) is 5.72. The Balaban J connectivity index is 1.97. The Morgan fingerprint density at radius 3 is 3.00 bits per heavy atom. The second kappa shape index (κ2) is 5.30. The molecule has 0 saturated heterocycles. The third-order valence-electron chi connectivity index (χ3n) is 3.52. The van der Waals surface area contributed by atoms with Crippen LogP contribution in [0.5, 0.6) is 0 Å². The van der Waals surface area contributed by atoms with E-state index in [2.05, 4.69) is 27.0 Å². The SMILES string of the molecule is Cc1ncc(C[n+]2csc(CCO)c2C)c2nccn12. The molecule has 0 unspecified atom stereocenters. The highest BCUT2D eigenvalue weighted by atomic mass is 32.1. The summed E-state index contributed by atoms with van der Waals surface area (Å²) in [6.07, 6.45) is 6.35. The summed E-state index contributed by atoms with van der Waals surface area (Å²) in [5.74, 6) is 0.939. The predicted octanol–water partition coefficient (Wildman–Crippen LogP) is 1.28. The molecular weight excluding hydrogens is 272 g/mol. The number of aliphatic hydroxyl groups excluding tert-OH is 1. The van der Waals surface area contributed by atoms with Crippen LogP contribution >= 0.6 is 11.3 Å². The Bertz CT molecular complexity index is 747. The van der Waals surface area contributed by atoms with Crippen molar-refractivity contribution >= 4 is 17.0 Å². The minimum atomic E-state index is 0.192. The first-order valence-corrected chi connectivity index (χ1v) is 7.43. The molecule has 3 aromatic rings. The van der Waals surface area contributed by atoms with Crippen LogP contribution in [-0.2, 0) is 13.0 Å². The van der Waals surface area contributed by atoms with E-state index in [0.717, 1.165) is 23.6 Å². The summed E-state index contributed by atoms with van der Waals surface area (Å²) in [5.41, 5.74) is 5.36. The third kappa shape index (κ3) is 2.21. The lowest BCUT2D eigenvalue weighted by Gasteiger charge is -2.03. The topological polar surface area (TPSA) is 54.3 Å². The Hall–Kier alpha value is -1.79. The van der Waals surface area contributed by atoms with Crippen molar-refractivity contribution in [3.05, 3.63) is 46.1 Å². The summed E-state index contributed by atoms with van der Waals surface area (Å²) >= 11 is 1.69. The van der Waals surface area contributed by atoms with Crippen LogP contribution in [0.3, 0.4) is 0 Å². The molecule has 0 spiro atoms. The predicted molar refractivity (Wildman–Crippen MR) is 76.9 cm³/mol. The molecule has 0 fully saturated rings. The van der Waals surface area contributed by atoms with E-state index < -0.39 is 0 Å². The van der Waals surface area contributed by atoms with Gasteiger partial charge in [-0.1, -0.05) is 11.3 Å². The van der Waals surface area contributed by atoms with Gasteiger partial charge in [0.1, 0.15) is 11.5 Å². The van der Waals surface area contributed by atoms with Crippen molar-refractivity contribution in [2.24, 2.45) is 0 Å². The zero-order valence-corrected chi connectivity index (χ0v) is 12.4. The molecule has 0 atom stereocenters. The molecule has 3 heterocycles. The zero-order valence-electron chi connectivity index (χ0n) is 11.6. The van der Waals surface area contributed by atoms with Crippen molar-refractivity contribution in [1.29, 1.82) is 0 Å². The molecule has 0 bridgehead atoms. The first kappa shape index (κ1) is 13.2. The Kier molecular flexibility index (Phi) is 3.50. The minimum Gasteiger partial charge on any atom is -0.396 e. The highest BCUT2D eigenvalue weighted by Crippen LogP contribution is 2.14. The monoisotopic (exact) mass is 289 g/mol. The lowest BCUT2D eigenvalue weighted by atomic mass is 10.2. The standard InChI is InChI=1S/C14H17N4OS/c1-10-13(3-6-19)20-9-17(10)8-12-7-16-11(2)18-5-4-15-14(12)18/h4-5,7,9,19H,3,6,8H2,1-2H3/q+1. The molecule has 3 rings (SSSR count). The van der Waals surface area contributed by atoms with Gasteiger partial charge in [-0.3, -0.25) is 4.40 Å². The number of hydrogen-bond acceptors (Lipinski definition) is 4. The second-order valence-electron chi connectivity index (χ2n) is 4.78. The number of aliphatic hydroxyl groups is 1. The molecule has 3 aromatic heterocycles. The van der Waals surface area contributed by atoms with Crippen molar-refractivity contribution in [2.45, 2.75) is 26.8 Å². The van der Waals surface area contributed by atoms with Gasteiger partial charge in [-0.25, -0.2) is 9.97 Å². The molecule has 1 N–H and O–H groups in total. The van der Waals surface area contributed by atoms with E-state index >= 15 is 0 Å². The largest absolute Gasteiger partial charge is 0.396 e. The number of rotatable bonds is 4. The van der Waals surface area contributed by atoms with Crippen LogP contribution in [0, 0.1) is 13.8 Å². The molecule has 6 heteroatoms. The van der Waals surface area contributed by atoms with Crippen LogP contribution in [0.15, 0.2) is 24.1 Å². The molecule has 5 nitrogen and oxygen atoms in total. The van der Waals surface area contributed by atoms with Crippen molar-refractivity contribution in [3.8, 4) is 0 Å². The third-order valence-corrected chi connectivity index (χ3v) is 4.66. The minimum absolute atomic E-state index is 0.192. The Labute approximate surface area is 121 Å². The molecule has 0 saturated carbocycles. The van der Waals surface area contributed by atoms with E-state index in [9.17, 15) is 0 Å². The van der Waals surface area contributed by atoms with Crippen LogP contribution < -0.4 is 4.57 Å². The summed E-state index contributed by atoms with van der Waals surface area (Å²) in [6.45, 7) is 5.01. The summed E-state index contributed by atoms with van der Waals surface area (Å²) in [5, 5.41) is 9.06. The fourth-order valence-corrected chi connectivity index (χ4v) is 3.32. The van der Waals surface area contributed by atoms with Gasteiger partial charge >= 0.3 is 0 Å². The number of fused-ring (bicyclic) bond motifs is 1. The van der Waals surface area contributed by atoms with Gasteiger partial charge in [0.15, 0.2) is 12.2 Å². The lowest BCUT2D eigenvalue weighted by Crippen LogP contribution is -2.35. The smallest absolute Gasteiger partial charge is 0.225 e. The van der Waals surface area contributed by atoms with Crippen LogP contribution in [0.25, 0.3) is 5.65 Å². The quantitative estimate of drug-likeness (QED) is 0.736. The molecule has 0 aliphatic carbocycles. The number of aryl methyl sites for hydroxylation is 1. The van der Waals surface area contributed by atoms with Crippen LogP contribution in [0.4, 0.5) is 0 Å². The molecular formula is C14H17N4OS+. The van der Waals surface area contributed by atoms with Gasteiger partial charge in [0.05, 0.1) is 10.4 Å². The van der Waals surface area contributed by atoms with Gasteiger partial charge in [-0.15, -0.1) is 0 Å². The molecule has 0 aromatic carbocycles.